The molecule has 0 fully saturated rings. The highest BCUT2D eigenvalue weighted by Crippen LogP contribution is 2.55. The standard InChI is InChI=1S/C40H42F4N4/c1-7-10-13-25-15-17-29-34-26(25)19-22-47-37(34)35-27(16-18-30(41)36(35)38(29,4)5)28(39(47,8-2)9-3)20-23-48-32(24-33(45-48)40(42,43)44)31-14-11-12-21-46(31)6/h11-12,14-22,24H,7-10,13,23H2,1-6H3/q+2. The molecule has 8 heteroatoms. The molecule has 4 heterocycles. The van der Waals surface area contributed by atoms with Gasteiger partial charge in [0.15, 0.2) is 23.6 Å². The fourth-order valence-electron chi connectivity index (χ4n) is 8.47. The van der Waals surface area contributed by atoms with E-state index in [1.165, 1.54) is 21.0 Å². The van der Waals surface area contributed by atoms with Crippen molar-refractivity contribution in [3.63, 3.8) is 0 Å². The monoisotopic (exact) mass is 654 g/mol. The minimum Gasteiger partial charge on any atom is -0.254 e. The molecule has 7 rings (SSSR count). The predicted octanol–water partition coefficient (Wildman–Crippen LogP) is 9.23. The number of pyridine rings is 2. The number of rotatable bonds is 8. The van der Waals surface area contributed by atoms with Crippen LogP contribution in [-0.4, -0.2) is 9.78 Å². The first kappa shape index (κ1) is 32.2. The summed E-state index contributed by atoms with van der Waals surface area (Å²) < 4.78 is 63.9. The van der Waals surface area contributed by atoms with Crippen LogP contribution in [-0.2, 0) is 37.1 Å². The van der Waals surface area contributed by atoms with Crippen LogP contribution in [0.25, 0.3) is 39.0 Å². The summed E-state index contributed by atoms with van der Waals surface area (Å²) in [6, 6.07) is 16.7. The summed E-state index contributed by atoms with van der Waals surface area (Å²) in [5, 5.41) is 6.49. The van der Waals surface area contributed by atoms with Crippen molar-refractivity contribution in [2.24, 2.45) is 7.05 Å². The van der Waals surface area contributed by atoms with Gasteiger partial charge in [-0.05, 0) is 47.1 Å². The van der Waals surface area contributed by atoms with E-state index >= 15 is 4.39 Å². The molecule has 48 heavy (non-hydrogen) atoms. The van der Waals surface area contributed by atoms with Crippen LogP contribution in [0, 0.1) is 5.82 Å². The number of alkyl halides is 3. The molecule has 1 aliphatic heterocycles. The van der Waals surface area contributed by atoms with Crippen molar-refractivity contribution in [2.75, 3.05) is 0 Å². The second kappa shape index (κ2) is 11.4. The van der Waals surface area contributed by atoms with Crippen molar-refractivity contribution >= 4 is 16.3 Å². The Hall–Kier alpha value is -4.33. The van der Waals surface area contributed by atoms with E-state index in [0.717, 1.165) is 66.1 Å². The van der Waals surface area contributed by atoms with Crippen molar-refractivity contribution < 1.29 is 26.7 Å². The second-order valence-electron chi connectivity index (χ2n) is 13.8. The number of aromatic nitrogens is 4. The van der Waals surface area contributed by atoms with E-state index in [4.69, 9.17) is 0 Å². The quantitative estimate of drug-likeness (QED) is 0.121. The minimum atomic E-state index is -4.59. The molecule has 0 radical (unpaired) electrons. The molecule has 0 unspecified atom stereocenters. The Kier molecular flexibility index (Phi) is 7.64. The maximum absolute atomic E-state index is 16.2. The average molecular weight is 655 g/mol. The molecule has 1 aliphatic carbocycles. The Bertz CT molecular complexity index is 2110. The van der Waals surface area contributed by atoms with Gasteiger partial charge in [0.1, 0.15) is 18.6 Å². The molecule has 2 aromatic carbocycles. The Labute approximate surface area is 279 Å². The van der Waals surface area contributed by atoms with Crippen molar-refractivity contribution in [1.82, 2.24) is 9.78 Å². The summed E-state index contributed by atoms with van der Waals surface area (Å²) in [6.07, 6.45) is 6.06. The van der Waals surface area contributed by atoms with Gasteiger partial charge >= 0.3 is 6.18 Å². The van der Waals surface area contributed by atoms with E-state index < -0.39 is 22.8 Å². The summed E-state index contributed by atoms with van der Waals surface area (Å²) in [6.45, 7) is 10.8. The Balaban J connectivity index is 1.51. The van der Waals surface area contributed by atoms with Gasteiger partial charge in [-0.2, -0.15) is 27.4 Å². The third kappa shape index (κ3) is 4.58. The Morgan fingerprint density at radius 3 is 2.42 bits per heavy atom. The molecule has 0 N–H and O–H groups in total. The van der Waals surface area contributed by atoms with E-state index in [9.17, 15) is 13.2 Å². The van der Waals surface area contributed by atoms with Crippen molar-refractivity contribution in [3.8, 4) is 22.6 Å². The van der Waals surface area contributed by atoms with Gasteiger partial charge in [-0.3, -0.25) is 4.68 Å². The Morgan fingerprint density at radius 1 is 0.958 bits per heavy atom. The summed E-state index contributed by atoms with van der Waals surface area (Å²) >= 11 is 0. The van der Waals surface area contributed by atoms with E-state index in [1.54, 1.807) is 16.7 Å². The number of aryl methyl sites for hydroxylation is 2. The van der Waals surface area contributed by atoms with Gasteiger partial charge in [-0.25, -0.2) is 4.39 Å². The molecule has 248 valence electrons. The van der Waals surface area contributed by atoms with Gasteiger partial charge in [0.2, 0.25) is 11.4 Å². The molecule has 5 aromatic rings. The third-order valence-electron chi connectivity index (χ3n) is 11.0. The zero-order valence-corrected chi connectivity index (χ0v) is 28.5. The number of nitrogens with zero attached hydrogens (tertiary/aromatic N) is 4. The van der Waals surface area contributed by atoms with E-state index in [2.05, 4.69) is 68.7 Å². The summed E-state index contributed by atoms with van der Waals surface area (Å²) in [5.41, 5.74) is 5.89. The first-order valence-electron chi connectivity index (χ1n) is 17.0. The predicted molar refractivity (Wildman–Crippen MR) is 181 cm³/mol. The fourth-order valence-corrected chi connectivity index (χ4v) is 8.47. The number of allylic oxidation sites excluding steroid dienone is 2. The van der Waals surface area contributed by atoms with Crippen LogP contribution in [0.3, 0.4) is 0 Å². The van der Waals surface area contributed by atoms with E-state index in [-0.39, 0.29) is 12.4 Å². The number of unbranched alkanes of at least 4 members (excludes halogenated alkanes) is 1. The molecule has 2 aliphatic rings. The molecule has 0 saturated carbocycles. The summed E-state index contributed by atoms with van der Waals surface area (Å²) in [7, 11) is 1.81. The zero-order valence-electron chi connectivity index (χ0n) is 28.5. The van der Waals surface area contributed by atoms with Crippen molar-refractivity contribution in [1.29, 1.82) is 0 Å². The van der Waals surface area contributed by atoms with Gasteiger partial charge in [-0.15, -0.1) is 0 Å². The highest BCUT2D eigenvalue weighted by molar-refractivity contribution is 6.05. The Morgan fingerprint density at radius 2 is 1.73 bits per heavy atom. The van der Waals surface area contributed by atoms with Gasteiger partial charge in [0.25, 0.3) is 0 Å². The van der Waals surface area contributed by atoms with Gasteiger partial charge in [0.05, 0.1) is 17.5 Å². The van der Waals surface area contributed by atoms with Crippen LogP contribution in [0.5, 0.6) is 0 Å². The maximum atomic E-state index is 16.2. The molecular formula is C40H42F4N4+2. The summed E-state index contributed by atoms with van der Waals surface area (Å²) in [5.74, 6) is -0.247. The van der Waals surface area contributed by atoms with Crippen LogP contribution < -0.4 is 9.13 Å². The maximum Gasteiger partial charge on any atom is 0.435 e. The topological polar surface area (TPSA) is 25.6 Å². The second-order valence-corrected chi connectivity index (χ2v) is 13.8. The highest BCUT2D eigenvalue weighted by atomic mass is 19.4. The van der Waals surface area contributed by atoms with Crippen LogP contribution in [0.1, 0.15) is 88.2 Å². The van der Waals surface area contributed by atoms with E-state index in [0.29, 0.717) is 17.0 Å². The molecule has 4 nitrogen and oxygen atoms in total. The van der Waals surface area contributed by atoms with Gasteiger partial charge in [0, 0.05) is 53.7 Å². The van der Waals surface area contributed by atoms with Gasteiger partial charge in [-0.1, -0.05) is 65.3 Å². The largest absolute Gasteiger partial charge is 0.435 e. The SMILES string of the molecule is CCCCc1ccc2c3c4[n+](ccc13)C(CC)(CC)C(=CCn1nc(C(F)(F)F)cc1-c1cccc[n+]1C)c1ccc(F)c(c1-4)C2(C)C. The lowest BCUT2D eigenvalue weighted by molar-refractivity contribution is -0.740. The van der Waals surface area contributed by atoms with Gasteiger partial charge < -0.3 is 0 Å². The van der Waals surface area contributed by atoms with Crippen LogP contribution in [0.2, 0.25) is 0 Å². The van der Waals surface area contributed by atoms with Crippen LogP contribution >= 0.6 is 0 Å². The first-order valence-corrected chi connectivity index (χ1v) is 17.0. The molecule has 0 atom stereocenters. The number of benzene rings is 2. The molecular weight excluding hydrogens is 612 g/mol. The van der Waals surface area contributed by atoms with Crippen LogP contribution in [0.15, 0.2) is 73.1 Å². The number of hydrogen-bond acceptors (Lipinski definition) is 1. The lowest BCUT2D eigenvalue weighted by Crippen LogP contribution is -2.60. The first-order chi connectivity index (χ1) is 22.9. The number of hydrogen-bond donors (Lipinski definition) is 0. The van der Waals surface area contributed by atoms with Crippen molar-refractivity contribution in [3.05, 3.63) is 107 Å². The lowest BCUT2D eigenvalue weighted by Gasteiger charge is -2.42. The van der Waals surface area contributed by atoms with Crippen molar-refractivity contribution in [2.45, 2.75) is 90.4 Å². The molecule has 0 amide bonds. The zero-order chi connectivity index (χ0) is 34.2. The van der Waals surface area contributed by atoms with Crippen LogP contribution in [0.4, 0.5) is 17.6 Å². The third-order valence-corrected chi connectivity index (χ3v) is 11.0. The molecule has 0 bridgehead atoms. The molecule has 0 spiro atoms. The minimum absolute atomic E-state index is 0.114. The summed E-state index contributed by atoms with van der Waals surface area (Å²) in [4.78, 5) is 0. The molecule has 0 saturated heterocycles. The highest BCUT2D eigenvalue weighted by Gasteiger charge is 2.53. The lowest BCUT2D eigenvalue weighted by atomic mass is 9.64. The molecule has 3 aromatic heterocycles. The van der Waals surface area contributed by atoms with E-state index in [1.807, 2.05) is 37.5 Å². The smallest absolute Gasteiger partial charge is 0.254 e. The normalized spacial score (nSPS) is 16.6. The number of halogens is 4. The fraction of sp³-hybridized carbons (Fsp3) is 0.375. The average Bonchev–Trinajstić information content (AvgIpc) is 3.50.